The van der Waals surface area contributed by atoms with Crippen molar-refractivity contribution in [2.75, 3.05) is 40.0 Å². The van der Waals surface area contributed by atoms with E-state index >= 15 is 0 Å². The van der Waals surface area contributed by atoms with Gasteiger partial charge in [-0.3, -0.25) is 0 Å². The van der Waals surface area contributed by atoms with Crippen LogP contribution in [0.2, 0.25) is 0 Å². The van der Waals surface area contributed by atoms with Gasteiger partial charge in [-0.2, -0.15) is 0 Å². The monoisotopic (exact) mass is 695 g/mol. The average Bonchev–Trinajstić information content (AvgIpc) is 3.92. The highest BCUT2D eigenvalue weighted by molar-refractivity contribution is 5.54. The lowest BCUT2D eigenvalue weighted by molar-refractivity contribution is 0.165. The molecule has 6 aliphatic rings. The first-order chi connectivity index (χ1) is 24.9. The average molecular weight is 696 g/mol. The normalized spacial score (nSPS) is 27.8. The van der Waals surface area contributed by atoms with E-state index in [1.807, 2.05) is 0 Å². The van der Waals surface area contributed by atoms with Gasteiger partial charge < -0.3 is 44.4 Å². The first-order valence-electron chi connectivity index (χ1n) is 19.4. The lowest BCUT2D eigenvalue weighted by Crippen LogP contribution is -2.36. The van der Waals surface area contributed by atoms with Gasteiger partial charge in [0, 0.05) is 37.8 Å². The number of fused-ring (bicyclic) bond motifs is 6. The van der Waals surface area contributed by atoms with Gasteiger partial charge in [0.1, 0.15) is 0 Å². The smallest absolute Gasteiger partial charge is 0.231 e. The van der Waals surface area contributed by atoms with Gasteiger partial charge in [0.15, 0.2) is 34.5 Å². The molecule has 0 amide bonds. The molecular weight excluding hydrogens is 642 g/mol. The van der Waals surface area contributed by atoms with Crippen LogP contribution in [0.5, 0.6) is 34.5 Å². The number of nitrogens with one attached hydrogen (secondary N) is 3. The minimum Gasteiger partial charge on any atom is -0.454 e. The van der Waals surface area contributed by atoms with E-state index in [9.17, 15) is 0 Å². The molecule has 3 aromatic rings. The van der Waals surface area contributed by atoms with E-state index in [4.69, 9.17) is 28.4 Å². The van der Waals surface area contributed by atoms with E-state index in [0.717, 1.165) is 99.1 Å². The number of rotatable bonds is 10. The molecule has 6 unspecified atom stereocenters. The van der Waals surface area contributed by atoms with Crippen LogP contribution in [0.3, 0.4) is 0 Å². The van der Waals surface area contributed by atoms with Gasteiger partial charge in [-0.05, 0) is 131 Å². The molecule has 9 nitrogen and oxygen atoms in total. The van der Waals surface area contributed by atoms with Gasteiger partial charge in [0.25, 0.3) is 0 Å². The highest BCUT2D eigenvalue weighted by Gasteiger charge is 2.37. The Morgan fingerprint density at radius 2 is 0.745 bits per heavy atom. The lowest BCUT2D eigenvalue weighted by atomic mass is 9.69. The third-order valence-corrected chi connectivity index (χ3v) is 13.1. The molecule has 272 valence electrons. The van der Waals surface area contributed by atoms with Crippen molar-refractivity contribution in [2.45, 2.75) is 109 Å². The molecule has 51 heavy (non-hydrogen) atoms. The van der Waals surface area contributed by atoms with Gasteiger partial charge in [0.05, 0.1) is 0 Å². The van der Waals surface area contributed by atoms with Crippen molar-refractivity contribution in [3.8, 4) is 34.5 Å². The van der Waals surface area contributed by atoms with Crippen molar-refractivity contribution in [1.29, 1.82) is 0 Å². The topological polar surface area (TPSA) is 91.5 Å². The molecule has 0 radical (unpaired) electrons. The highest BCUT2D eigenvalue weighted by atomic mass is 16.7. The summed E-state index contributed by atoms with van der Waals surface area (Å²) in [6.45, 7) is 13.2. The highest BCUT2D eigenvalue weighted by Crippen LogP contribution is 2.50. The second-order valence-electron chi connectivity index (χ2n) is 16.1. The molecule has 9 heteroatoms. The van der Waals surface area contributed by atoms with E-state index in [1.165, 1.54) is 33.4 Å². The van der Waals surface area contributed by atoms with Gasteiger partial charge in [-0.25, -0.2) is 0 Å². The van der Waals surface area contributed by atoms with Gasteiger partial charge >= 0.3 is 0 Å². The number of hydrogen-bond donors (Lipinski definition) is 3. The molecule has 0 fully saturated rings. The number of hydrogen-bond acceptors (Lipinski definition) is 9. The third kappa shape index (κ3) is 6.09. The maximum absolute atomic E-state index is 5.86. The zero-order chi connectivity index (χ0) is 34.7. The van der Waals surface area contributed by atoms with Crippen LogP contribution in [-0.2, 0) is 0 Å². The fraction of sp³-hybridized carbons (Fsp3) is 0.571. The molecule has 9 rings (SSSR count). The summed E-state index contributed by atoms with van der Waals surface area (Å²) in [6.07, 6.45) is 7.84. The molecule has 6 atom stereocenters. The number of benzene rings is 3. The molecule has 0 saturated carbocycles. The van der Waals surface area contributed by atoms with Crippen molar-refractivity contribution in [3.05, 3.63) is 69.8 Å². The fourth-order valence-electron chi connectivity index (χ4n) is 9.75. The molecule has 6 heterocycles. The molecule has 0 saturated heterocycles. The zero-order valence-electron chi connectivity index (χ0n) is 30.6. The van der Waals surface area contributed by atoms with Crippen molar-refractivity contribution in [1.82, 2.24) is 16.0 Å². The minimum atomic E-state index is 0.170. The van der Waals surface area contributed by atoms with Crippen LogP contribution < -0.4 is 44.4 Å². The fourth-order valence-corrected chi connectivity index (χ4v) is 9.75. The molecule has 3 N–H and O–H groups in total. The Bertz CT molecular complexity index is 1590. The largest absolute Gasteiger partial charge is 0.454 e. The Balaban J connectivity index is 0.991. The Labute approximate surface area is 302 Å². The van der Waals surface area contributed by atoms with Gasteiger partial charge in [-0.1, -0.05) is 34.1 Å². The molecule has 0 aliphatic carbocycles. The van der Waals surface area contributed by atoms with Crippen LogP contribution in [0.1, 0.15) is 142 Å². The summed E-state index contributed by atoms with van der Waals surface area (Å²) >= 11 is 0. The molecule has 0 spiro atoms. The first kappa shape index (κ1) is 33.2. The van der Waals surface area contributed by atoms with E-state index < -0.39 is 0 Å². The predicted octanol–water partition coefficient (Wildman–Crippen LogP) is 8.25. The predicted molar refractivity (Wildman–Crippen MR) is 196 cm³/mol. The summed E-state index contributed by atoms with van der Waals surface area (Å²) in [4.78, 5) is 0. The third-order valence-electron chi connectivity index (χ3n) is 13.1. The SMILES string of the molecule is CCC(CCC1NCC(C)c2cc3c(cc21)OCO3)(CCC1NCC(C)c2cc3c(cc21)OCO3)CCC1NCC(C)c2cc3c(cc21)OCO3. The van der Waals surface area contributed by atoms with Crippen molar-refractivity contribution >= 4 is 0 Å². The zero-order valence-corrected chi connectivity index (χ0v) is 30.6. The maximum Gasteiger partial charge on any atom is 0.231 e. The van der Waals surface area contributed by atoms with E-state index in [0.29, 0.717) is 56.3 Å². The van der Waals surface area contributed by atoms with Gasteiger partial charge in [0.2, 0.25) is 20.4 Å². The summed E-state index contributed by atoms with van der Waals surface area (Å²) in [5.41, 5.74) is 8.51. The molecular formula is C42H53N3O6. The maximum atomic E-state index is 5.86. The molecule has 6 aliphatic heterocycles. The van der Waals surface area contributed by atoms with Crippen molar-refractivity contribution in [2.24, 2.45) is 5.41 Å². The second-order valence-corrected chi connectivity index (χ2v) is 16.1. The standard InChI is InChI=1S/C42H53N3O6/c1-5-42(9-6-33-30-15-39-36(46-21-49-39)12-27(30)24(2)18-43-33,10-7-34-31-16-40-37(47-22-50-40)13-28(31)25(3)19-44-34)11-8-35-32-17-41-38(48-23-51-41)14-29(32)26(4)20-45-35/h12-17,24-26,33-35,43-45H,5-11,18-23H2,1-4H3. The Hall–Kier alpha value is -3.66. The van der Waals surface area contributed by atoms with Crippen molar-refractivity contribution in [3.63, 3.8) is 0 Å². The van der Waals surface area contributed by atoms with Crippen molar-refractivity contribution < 1.29 is 28.4 Å². The summed E-state index contributed by atoms with van der Waals surface area (Å²) in [7, 11) is 0. The van der Waals surface area contributed by atoms with Crippen LogP contribution >= 0.6 is 0 Å². The van der Waals surface area contributed by atoms with Crippen LogP contribution in [0.25, 0.3) is 0 Å². The summed E-state index contributed by atoms with van der Waals surface area (Å²) < 4.78 is 34.9. The van der Waals surface area contributed by atoms with E-state index in [1.54, 1.807) is 0 Å². The summed E-state index contributed by atoms with van der Waals surface area (Å²) in [5.74, 6) is 6.62. The summed E-state index contributed by atoms with van der Waals surface area (Å²) in [6, 6.07) is 14.3. The Morgan fingerprint density at radius 1 is 0.471 bits per heavy atom. The second kappa shape index (κ2) is 13.4. The molecule has 3 aromatic carbocycles. The molecule has 0 bridgehead atoms. The number of ether oxygens (including phenoxy) is 6. The van der Waals surface area contributed by atoms with Gasteiger partial charge in [-0.15, -0.1) is 0 Å². The van der Waals surface area contributed by atoms with Crippen LogP contribution in [0.4, 0.5) is 0 Å². The molecule has 0 aromatic heterocycles. The van der Waals surface area contributed by atoms with E-state index in [2.05, 4.69) is 80.0 Å². The Morgan fingerprint density at radius 3 is 1.02 bits per heavy atom. The Kier molecular flexibility index (Phi) is 8.72. The van der Waals surface area contributed by atoms with Crippen LogP contribution in [-0.4, -0.2) is 40.0 Å². The quantitative estimate of drug-likeness (QED) is 0.194. The minimum absolute atomic E-state index is 0.170. The van der Waals surface area contributed by atoms with Crippen LogP contribution in [0.15, 0.2) is 36.4 Å². The van der Waals surface area contributed by atoms with E-state index in [-0.39, 0.29) is 5.41 Å². The summed E-state index contributed by atoms with van der Waals surface area (Å²) in [5, 5.41) is 11.8. The lowest BCUT2D eigenvalue weighted by Gasteiger charge is -2.40. The van der Waals surface area contributed by atoms with Crippen LogP contribution in [0, 0.1) is 5.41 Å². The first-order valence-corrected chi connectivity index (χ1v) is 19.4.